The third-order valence-corrected chi connectivity index (χ3v) is 5.24. The van der Waals surface area contributed by atoms with Gasteiger partial charge in [0.25, 0.3) is 11.8 Å². The Morgan fingerprint density at radius 2 is 1.92 bits per heavy atom. The molecule has 1 fully saturated rings. The number of carbonyl (C=O) groups excluding carboxylic acids is 2. The van der Waals surface area contributed by atoms with Crippen molar-refractivity contribution in [2.24, 2.45) is 0 Å². The Hall–Kier alpha value is -1.42. The first-order chi connectivity index (χ1) is 11.4. The molecule has 0 saturated carbocycles. The fourth-order valence-corrected chi connectivity index (χ4v) is 3.61. The number of thiocarbonyl (C=S) groups is 1. The summed E-state index contributed by atoms with van der Waals surface area (Å²) in [5, 5.41) is 1.06. The molecule has 1 aliphatic rings. The zero-order chi connectivity index (χ0) is 17.3. The van der Waals surface area contributed by atoms with Gasteiger partial charge in [-0.1, -0.05) is 27.7 Å². The number of thioether (sulfide) groups is 1. The number of nitrogens with zero attached hydrogens (tertiary/aromatic N) is 1. The lowest BCUT2D eigenvalue weighted by Gasteiger charge is -2.15. The van der Waals surface area contributed by atoms with Gasteiger partial charge in [-0.2, -0.15) is 5.01 Å². The van der Waals surface area contributed by atoms with Crippen LogP contribution in [0.1, 0.15) is 16.1 Å². The summed E-state index contributed by atoms with van der Waals surface area (Å²) in [4.78, 5) is 25.0. The van der Waals surface area contributed by atoms with Crippen molar-refractivity contribution in [2.75, 3.05) is 0 Å². The molecule has 2 aromatic rings. The number of hydrogen-bond donors (Lipinski definition) is 1. The van der Waals surface area contributed by atoms with Crippen molar-refractivity contribution in [2.45, 2.75) is 0 Å². The fraction of sp³-hybridized carbons (Fsp3) is 0. The molecule has 24 heavy (non-hydrogen) atoms. The fourth-order valence-electron chi connectivity index (χ4n) is 1.87. The standard InChI is InChI=1S/C15H8Br2N2O3S2/c16-9-3-1-8(2-4-9)13(20)18-19-14(21)11(24-15(19)23)7-10-5-6-12(17)22-10/h1-7H,(H,18,20)/b11-7+. The van der Waals surface area contributed by atoms with Gasteiger partial charge < -0.3 is 4.42 Å². The van der Waals surface area contributed by atoms with Crippen LogP contribution in [0.5, 0.6) is 0 Å². The predicted molar refractivity (Wildman–Crippen MR) is 103 cm³/mol. The molecule has 1 aromatic carbocycles. The average molecular weight is 488 g/mol. The number of rotatable bonds is 3. The van der Waals surface area contributed by atoms with E-state index >= 15 is 0 Å². The Balaban J connectivity index is 1.76. The number of hydrazine groups is 1. The molecule has 0 bridgehead atoms. The minimum absolute atomic E-state index is 0.252. The van der Waals surface area contributed by atoms with Crippen LogP contribution in [0.25, 0.3) is 6.08 Å². The van der Waals surface area contributed by atoms with Gasteiger partial charge in [-0.15, -0.1) is 0 Å². The van der Waals surface area contributed by atoms with Gasteiger partial charge in [0.2, 0.25) is 0 Å². The quantitative estimate of drug-likeness (QED) is 0.515. The van der Waals surface area contributed by atoms with Crippen LogP contribution in [-0.2, 0) is 4.79 Å². The van der Waals surface area contributed by atoms with E-state index in [0.29, 0.717) is 20.9 Å². The predicted octanol–water partition coefficient (Wildman–Crippen LogP) is 4.35. The molecule has 3 rings (SSSR count). The lowest BCUT2D eigenvalue weighted by molar-refractivity contribution is -0.123. The Labute approximate surface area is 163 Å². The van der Waals surface area contributed by atoms with E-state index in [0.717, 1.165) is 21.2 Å². The Kier molecular flexibility index (Phi) is 5.24. The monoisotopic (exact) mass is 486 g/mol. The van der Waals surface area contributed by atoms with E-state index in [2.05, 4.69) is 37.3 Å². The Bertz CT molecular complexity index is 862. The molecular weight excluding hydrogens is 480 g/mol. The molecule has 2 amide bonds. The van der Waals surface area contributed by atoms with Gasteiger partial charge in [-0.25, -0.2) is 0 Å². The second-order valence-electron chi connectivity index (χ2n) is 4.61. The maximum atomic E-state index is 12.4. The third-order valence-electron chi connectivity index (χ3n) is 2.98. The summed E-state index contributed by atoms with van der Waals surface area (Å²) in [6.07, 6.45) is 1.58. The van der Waals surface area contributed by atoms with Crippen molar-refractivity contribution < 1.29 is 14.0 Å². The van der Waals surface area contributed by atoms with Crippen LogP contribution in [0.2, 0.25) is 0 Å². The van der Waals surface area contributed by atoms with Crippen molar-refractivity contribution in [1.82, 2.24) is 10.4 Å². The van der Waals surface area contributed by atoms with Gasteiger partial charge in [-0.3, -0.25) is 15.0 Å². The van der Waals surface area contributed by atoms with Crippen LogP contribution in [0, 0.1) is 0 Å². The molecule has 5 nitrogen and oxygen atoms in total. The van der Waals surface area contributed by atoms with E-state index in [1.54, 1.807) is 42.5 Å². The van der Waals surface area contributed by atoms with E-state index in [1.165, 1.54) is 0 Å². The second kappa shape index (κ2) is 7.22. The lowest BCUT2D eigenvalue weighted by Crippen LogP contribution is -2.44. The minimum Gasteiger partial charge on any atom is -0.450 e. The van der Waals surface area contributed by atoms with Crippen molar-refractivity contribution in [3.05, 3.63) is 61.8 Å². The highest BCUT2D eigenvalue weighted by Crippen LogP contribution is 2.32. The first kappa shape index (κ1) is 17.4. The molecule has 0 radical (unpaired) electrons. The van der Waals surface area contributed by atoms with E-state index < -0.39 is 11.8 Å². The van der Waals surface area contributed by atoms with Crippen LogP contribution in [0.3, 0.4) is 0 Å². The molecule has 1 aromatic heterocycles. The van der Waals surface area contributed by atoms with E-state index in [4.69, 9.17) is 16.6 Å². The molecule has 9 heteroatoms. The number of carbonyl (C=O) groups is 2. The number of nitrogens with one attached hydrogen (secondary N) is 1. The molecule has 122 valence electrons. The van der Waals surface area contributed by atoms with Crippen molar-refractivity contribution >= 4 is 78.1 Å². The topological polar surface area (TPSA) is 62.6 Å². The van der Waals surface area contributed by atoms with Crippen LogP contribution in [-0.4, -0.2) is 21.1 Å². The van der Waals surface area contributed by atoms with E-state index in [-0.39, 0.29) is 4.32 Å². The zero-order valence-corrected chi connectivity index (χ0v) is 16.6. The third kappa shape index (κ3) is 3.80. The summed E-state index contributed by atoms with van der Waals surface area (Å²) in [7, 11) is 0. The number of hydrogen-bond acceptors (Lipinski definition) is 5. The molecule has 0 aliphatic carbocycles. The highest BCUT2D eigenvalue weighted by atomic mass is 79.9. The average Bonchev–Trinajstić information content (AvgIpc) is 3.06. The van der Waals surface area contributed by atoms with Gasteiger partial charge in [0, 0.05) is 16.1 Å². The number of benzene rings is 1. The molecule has 0 atom stereocenters. The Morgan fingerprint density at radius 3 is 2.54 bits per heavy atom. The molecule has 1 N–H and O–H groups in total. The summed E-state index contributed by atoms with van der Waals surface area (Å²) in [5.41, 5.74) is 2.94. The maximum Gasteiger partial charge on any atom is 0.285 e. The smallest absolute Gasteiger partial charge is 0.285 e. The first-order valence-electron chi connectivity index (χ1n) is 6.54. The molecule has 0 unspecified atom stereocenters. The Morgan fingerprint density at radius 1 is 1.21 bits per heavy atom. The SMILES string of the molecule is O=C(NN1C(=O)/C(=C\c2ccc(Br)o2)SC1=S)c1ccc(Br)cc1. The highest BCUT2D eigenvalue weighted by Gasteiger charge is 2.34. The van der Waals surface area contributed by atoms with Crippen LogP contribution in [0.15, 0.2) is 54.9 Å². The van der Waals surface area contributed by atoms with Crippen molar-refractivity contribution in [3.63, 3.8) is 0 Å². The highest BCUT2D eigenvalue weighted by molar-refractivity contribution is 9.10. The van der Waals surface area contributed by atoms with E-state index in [1.807, 2.05) is 0 Å². The summed E-state index contributed by atoms with van der Waals surface area (Å²) < 4.78 is 7.02. The number of amides is 2. The van der Waals surface area contributed by atoms with Crippen LogP contribution >= 0.6 is 55.8 Å². The van der Waals surface area contributed by atoms with Gasteiger partial charge in [0.1, 0.15) is 5.76 Å². The normalized spacial score (nSPS) is 16.1. The lowest BCUT2D eigenvalue weighted by atomic mass is 10.2. The zero-order valence-electron chi connectivity index (χ0n) is 11.8. The number of halogens is 2. The van der Waals surface area contributed by atoms with Gasteiger partial charge in [0.15, 0.2) is 8.99 Å². The van der Waals surface area contributed by atoms with Gasteiger partial charge in [0.05, 0.1) is 4.91 Å². The molecule has 1 saturated heterocycles. The second-order valence-corrected chi connectivity index (χ2v) is 7.98. The molecule has 0 spiro atoms. The largest absolute Gasteiger partial charge is 0.450 e. The van der Waals surface area contributed by atoms with Crippen LogP contribution < -0.4 is 5.43 Å². The summed E-state index contributed by atoms with van der Waals surface area (Å²) in [6.45, 7) is 0. The molecular formula is C15H8Br2N2O3S2. The summed E-state index contributed by atoms with van der Waals surface area (Å²) >= 11 is 12.8. The number of furan rings is 1. The summed E-state index contributed by atoms with van der Waals surface area (Å²) in [6, 6.07) is 10.2. The molecule has 2 heterocycles. The van der Waals surface area contributed by atoms with Crippen molar-refractivity contribution in [1.29, 1.82) is 0 Å². The van der Waals surface area contributed by atoms with E-state index in [9.17, 15) is 9.59 Å². The van der Waals surface area contributed by atoms with Crippen LogP contribution in [0.4, 0.5) is 0 Å². The molecule has 1 aliphatic heterocycles. The summed E-state index contributed by atoms with van der Waals surface area (Å²) in [5.74, 6) is -0.301. The minimum atomic E-state index is -0.416. The first-order valence-corrected chi connectivity index (χ1v) is 9.35. The van der Waals surface area contributed by atoms with Gasteiger partial charge in [-0.05, 0) is 64.5 Å². The maximum absolute atomic E-state index is 12.4. The van der Waals surface area contributed by atoms with Crippen molar-refractivity contribution in [3.8, 4) is 0 Å². The van der Waals surface area contributed by atoms with Gasteiger partial charge >= 0.3 is 0 Å².